The van der Waals surface area contributed by atoms with E-state index < -0.39 is 0 Å². The second-order valence-electron chi connectivity index (χ2n) is 4.23. The molecule has 0 saturated carbocycles. The van der Waals surface area contributed by atoms with Gasteiger partial charge in [-0.1, -0.05) is 18.2 Å². The molecule has 1 atom stereocenters. The molecule has 18 heavy (non-hydrogen) atoms. The topological polar surface area (TPSA) is 51.8 Å². The normalized spacial score (nSPS) is 12.8. The van der Waals surface area contributed by atoms with E-state index in [2.05, 4.69) is 16.0 Å². The highest BCUT2D eigenvalue weighted by Crippen LogP contribution is 2.32. The van der Waals surface area contributed by atoms with Gasteiger partial charge in [-0.15, -0.1) is 11.3 Å². The molecule has 90 valence electrons. The highest BCUT2D eigenvalue weighted by molar-refractivity contribution is 7.15. The maximum atomic E-state index is 5.88. The zero-order valence-electron chi connectivity index (χ0n) is 10.00. The molecule has 3 rings (SSSR count). The summed E-state index contributed by atoms with van der Waals surface area (Å²) in [4.78, 5) is 9.93. The Balaban J connectivity index is 2.18. The smallest absolute Gasteiger partial charge is 0.124 e. The van der Waals surface area contributed by atoms with Crippen LogP contribution in [0.15, 0.2) is 42.7 Å². The fourth-order valence-corrected chi connectivity index (χ4v) is 2.81. The Bertz CT molecular complexity index is 683. The predicted molar refractivity (Wildman–Crippen MR) is 75.5 cm³/mol. The summed E-state index contributed by atoms with van der Waals surface area (Å²) in [5, 5.41) is 2.13. The second kappa shape index (κ2) is 4.48. The van der Waals surface area contributed by atoms with Crippen molar-refractivity contribution in [2.24, 2.45) is 5.73 Å². The first-order chi connectivity index (χ1) is 8.75. The molecule has 4 heteroatoms. The molecule has 1 aromatic carbocycles. The lowest BCUT2D eigenvalue weighted by Gasteiger charge is -2.02. The van der Waals surface area contributed by atoms with E-state index in [1.165, 1.54) is 0 Å². The Kier molecular flexibility index (Phi) is 2.81. The number of aromatic nitrogens is 2. The lowest BCUT2D eigenvalue weighted by Crippen LogP contribution is -2.01. The van der Waals surface area contributed by atoms with E-state index in [0.717, 1.165) is 26.4 Å². The number of nitrogens with two attached hydrogens (primary N) is 1. The van der Waals surface area contributed by atoms with E-state index in [1.54, 1.807) is 11.3 Å². The molecule has 2 aromatic heterocycles. The van der Waals surface area contributed by atoms with E-state index in [0.29, 0.717) is 0 Å². The molecule has 0 spiro atoms. The van der Waals surface area contributed by atoms with E-state index in [-0.39, 0.29) is 6.04 Å². The van der Waals surface area contributed by atoms with Crippen molar-refractivity contribution in [1.82, 2.24) is 9.97 Å². The van der Waals surface area contributed by atoms with Gasteiger partial charge in [0.25, 0.3) is 0 Å². The summed E-state index contributed by atoms with van der Waals surface area (Å²) in [7, 11) is 0. The van der Waals surface area contributed by atoms with Gasteiger partial charge in [0.15, 0.2) is 0 Å². The molecule has 0 aliphatic rings. The van der Waals surface area contributed by atoms with Crippen molar-refractivity contribution in [2.75, 3.05) is 0 Å². The van der Waals surface area contributed by atoms with Crippen LogP contribution in [0, 0.1) is 0 Å². The van der Waals surface area contributed by atoms with Gasteiger partial charge in [0, 0.05) is 34.3 Å². The summed E-state index contributed by atoms with van der Waals surface area (Å²) in [6.07, 6.45) is 3.69. The number of nitrogens with zero attached hydrogens (tertiary/aromatic N) is 2. The number of benzene rings is 1. The monoisotopic (exact) mass is 255 g/mol. The number of rotatable bonds is 2. The van der Waals surface area contributed by atoms with Gasteiger partial charge in [0.05, 0.1) is 5.52 Å². The third kappa shape index (κ3) is 1.89. The molecule has 3 aromatic rings. The van der Waals surface area contributed by atoms with Crippen LogP contribution in [-0.2, 0) is 0 Å². The number of hydrogen-bond donors (Lipinski definition) is 1. The van der Waals surface area contributed by atoms with Crippen LogP contribution < -0.4 is 5.73 Å². The molecule has 0 saturated heterocycles. The molecular formula is C14H13N3S. The van der Waals surface area contributed by atoms with Crippen molar-refractivity contribution in [1.29, 1.82) is 0 Å². The van der Waals surface area contributed by atoms with E-state index in [9.17, 15) is 0 Å². The van der Waals surface area contributed by atoms with Crippen LogP contribution in [0.5, 0.6) is 0 Å². The molecule has 0 bridgehead atoms. The van der Waals surface area contributed by atoms with Gasteiger partial charge in [0.2, 0.25) is 0 Å². The Labute approximate surface area is 109 Å². The van der Waals surface area contributed by atoms with E-state index in [4.69, 9.17) is 5.73 Å². The number of fused-ring (bicyclic) bond motifs is 1. The van der Waals surface area contributed by atoms with Gasteiger partial charge in [-0.25, -0.2) is 4.98 Å². The van der Waals surface area contributed by atoms with Crippen LogP contribution in [0.3, 0.4) is 0 Å². The molecule has 1 unspecified atom stereocenters. The van der Waals surface area contributed by atoms with Crippen molar-refractivity contribution in [3.8, 4) is 10.6 Å². The molecule has 0 aliphatic carbocycles. The predicted octanol–water partition coefficient (Wildman–Crippen LogP) is 3.38. The number of thiazole rings is 1. The largest absolute Gasteiger partial charge is 0.323 e. The van der Waals surface area contributed by atoms with Crippen molar-refractivity contribution < 1.29 is 0 Å². The first-order valence-corrected chi connectivity index (χ1v) is 6.63. The highest BCUT2D eigenvalue weighted by Gasteiger charge is 2.10. The zero-order chi connectivity index (χ0) is 12.5. The fourth-order valence-electron chi connectivity index (χ4n) is 1.90. The molecule has 0 amide bonds. The van der Waals surface area contributed by atoms with Crippen molar-refractivity contribution in [3.05, 3.63) is 47.6 Å². The third-order valence-corrected chi connectivity index (χ3v) is 4.08. The number of hydrogen-bond acceptors (Lipinski definition) is 4. The third-order valence-electron chi connectivity index (χ3n) is 2.85. The molecular weight excluding hydrogens is 242 g/mol. The Morgan fingerprint density at radius 3 is 2.78 bits per heavy atom. The first kappa shape index (κ1) is 11.3. The van der Waals surface area contributed by atoms with E-state index >= 15 is 0 Å². The molecule has 0 radical (unpaired) electrons. The molecule has 2 N–H and O–H groups in total. The standard InChI is InChI=1S/C14H13N3S/c1-9(15)13-8-17-14(18-13)11-6-7-16-12-5-3-2-4-10(11)12/h2-9H,15H2,1H3. The number of pyridine rings is 1. The van der Waals surface area contributed by atoms with Crippen molar-refractivity contribution >= 4 is 22.2 Å². The van der Waals surface area contributed by atoms with Crippen LogP contribution in [0.25, 0.3) is 21.5 Å². The van der Waals surface area contributed by atoms with Gasteiger partial charge >= 0.3 is 0 Å². The summed E-state index contributed by atoms with van der Waals surface area (Å²) in [5.74, 6) is 0. The maximum Gasteiger partial charge on any atom is 0.124 e. The molecule has 3 nitrogen and oxygen atoms in total. The summed E-state index contributed by atoms with van der Waals surface area (Å²) >= 11 is 1.65. The Morgan fingerprint density at radius 1 is 1.17 bits per heavy atom. The zero-order valence-corrected chi connectivity index (χ0v) is 10.8. The van der Waals surface area contributed by atoms with Crippen molar-refractivity contribution in [3.63, 3.8) is 0 Å². The van der Waals surface area contributed by atoms with Gasteiger partial charge in [0.1, 0.15) is 5.01 Å². The quantitative estimate of drug-likeness (QED) is 0.763. The minimum Gasteiger partial charge on any atom is -0.323 e. The lowest BCUT2D eigenvalue weighted by atomic mass is 10.1. The van der Waals surface area contributed by atoms with Gasteiger partial charge in [-0.2, -0.15) is 0 Å². The lowest BCUT2D eigenvalue weighted by molar-refractivity contribution is 0.835. The minimum atomic E-state index is 0.0318. The highest BCUT2D eigenvalue weighted by atomic mass is 32.1. The van der Waals surface area contributed by atoms with Gasteiger partial charge in [-0.3, -0.25) is 4.98 Å². The van der Waals surface area contributed by atoms with Crippen LogP contribution in [0.4, 0.5) is 0 Å². The first-order valence-electron chi connectivity index (χ1n) is 5.81. The molecule has 2 heterocycles. The van der Waals surface area contributed by atoms with Crippen LogP contribution >= 0.6 is 11.3 Å². The summed E-state index contributed by atoms with van der Waals surface area (Å²) < 4.78 is 0. The SMILES string of the molecule is CC(N)c1cnc(-c2ccnc3ccccc23)s1. The Morgan fingerprint density at radius 2 is 2.00 bits per heavy atom. The van der Waals surface area contributed by atoms with Crippen LogP contribution in [-0.4, -0.2) is 9.97 Å². The van der Waals surface area contributed by atoms with E-state index in [1.807, 2.05) is 43.6 Å². The summed E-state index contributed by atoms with van der Waals surface area (Å²) in [6, 6.07) is 10.1. The second-order valence-corrected chi connectivity index (χ2v) is 5.29. The fraction of sp³-hybridized carbons (Fsp3) is 0.143. The average Bonchev–Trinajstić information content (AvgIpc) is 2.87. The number of para-hydroxylation sites is 1. The summed E-state index contributed by atoms with van der Waals surface area (Å²) in [6.45, 7) is 1.97. The average molecular weight is 255 g/mol. The van der Waals surface area contributed by atoms with Gasteiger partial charge < -0.3 is 5.73 Å². The summed E-state index contributed by atoms with van der Waals surface area (Å²) in [5.41, 5.74) is 7.99. The van der Waals surface area contributed by atoms with Crippen LogP contribution in [0.2, 0.25) is 0 Å². The molecule has 0 fully saturated rings. The maximum absolute atomic E-state index is 5.88. The van der Waals surface area contributed by atoms with Gasteiger partial charge in [-0.05, 0) is 19.1 Å². The minimum absolute atomic E-state index is 0.0318. The van der Waals surface area contributed by atoms with Crippen LogP contribution in [0.1, 0.15) is 17.8 Å². The molecule has 0 aliphatic heterocycles. The Hall–Kier alpha value is -1.78. The van der Waals surface area contributed by atoms with Crippen molar-refractivity contribution in [2.45, 2.75) is 13.0 Å².